The van der Waals surface area contributed by atoms with Crippen molar-refractivity contribution in [3.8, 4) is 0 Å². The van der Waals surface area contributed by atoms with E-state index in [-0.39, 0.29) is 0 Å². The standard InChI is InChI=1S/C10H13N3O2/c11-6-5-8-1-3-9(4-2-8)13-7-15-10(12)14/h1-4,7H,5-6,11H2,(H2,12,14). The fourth-order valence-electron chi connectivity index (χ4n) is 1.05. The van der Waals surface area contributed by atoms with E-state index in [9.17, 15) is 4.79 Å². The van der Waals surface area contributed by atoms with Crippen molar-refractivity contribution in [2.24, 2.45) is 16.5 Å². The van der Waals surface area contributed by atoms with Gasteiger partial charge in [-0.3, -0.25) is 0 Å². The van der Waals surface area contributed by atoms with Crippen LogP contribution in [0, 0.1) is 0 Å². The largest absolute Gasteiger partial charge is 0.410 e. The van der Waals surface area contributed by atoms with Crippen molar-refractivity contribution in [3.05, 3.63) is 29.8 Å². The third kappa shape index (κ3) is 4.24. The Bertz CT molecular complexity index is 346. The summed E-state index contributed by atoms with van der Waals surface area (Å²) in [5.41, 5.74) is 12.0. The average molecular weight is 207 g/mol. The summed E-state index contributed by atoms with van der Waals surface area (Å²) < 4.78 is 4.35. The van der Waals surface area contributed by atoms with Crippen molar-refractivity contribution in [1.82, 2.24) is 0 Å². The van der Waals surface area contributed by atoms with Crippen LogP contribution < -0.4 is 11.5 Å². The second kappa shape index (κ2) is 5.77. The van der Waals surface area contributed by atoms with Crippen LogP contribution in [0.15, 0.2) is 29.3 Å². The maximum absolute atomic E-state index is 10.2. The van der Waals surface area contributed by atoms with E-state index >= 15 is 0 Å². The minimum atomic E-state index is -0.876. The number of nitrogens with two attached hydrogens (primary N) is 2. The van der Waals surface area contributed by atoms with E-state index in [1.165, 1.54) is 0 Å². The van der Waals surface area contributed by atoms with Crippen LogP contribution in [-0.2, 0) is 11.2 Å². The van der Waals surface area contributed by atoms with Gasteiger partial charge in [-0.25, -0.2) is 9.79 Å². The minimum Gasteiger partial charge on any atom is -0.398 e. The van der Waals surface area contributed by atoms with E-state index in [0.717, 1.165) is 18.4 Å². The third-order valence-corrected chi connectivity index (χ3v) is 1.74. The summed E-state index contributed by atoms with van der Waals surface area (Å²) in [5.74, 6) is 0. The number of nitrogens with zero attached hydrogens (tertiary/aromatic N) is 1. The van der Waals surface area contributed by atoms with Gasteiger partial charge in [0.2, 0.25) is 0 Å². The first kappa shape index (κ1) is 11.2. The molecule has 0 bridgehead atoms. The minimum absolute atomic E-state index is 0.618. The maximum atomic E-state index is 10.2. The maximum Gasteiger partial charge on any atom is 0.410 e. The van der Waals surface area contributed by atoms with Crippen LogP contribution >= 0.6 is 0 Å². The molecule has 1 aromatic rings. The molecule has 0 spiro atoms. The van der Waals surface area contributed by atoms with Crippen molar-refractivity contribution < 1.29 is 9.53 Å². The lowest BCUT2D eigenvalue weighted by atomic mass is 10.1. The number of hydrogen-bond acceptors (Lipinski definition) is 4. The highest BCUT2D eigenvalue weighted by molar-refractivity contribution is 5.75. The number of hydrogen-bond donors (Lipinski definition) is 2. The highest BCUT2D eigenvalue weighted by Gasteiger charge is 1.92. The molecule has 15 heavy (non-hydrogen) atoms. The number of carbonyl (C=O) groups excluding carboxylic acids is 1. The zero-order valence-electron chi connectivity index (χ0n) is 8.22. The Morgan fingerprint density at radius 1 is 1.40 bits per heavy atom. The van der Waals surface area contributed by atoms with Gasteiger partial charge in [-0.05, 0) is 30.7 Å². The van der Waals surface area contributed by atoms with E-state index in [1.54, 1.807) is 0 Å². The molecule has 5 heteroatoms. The van der Waals surface area contributed by atoms with Crippen LogP contribution in [0.5, 0.6) is 0 Å². The molecule has 0 radical (unpaired) electrons. The third-order valence-electron chi connectivity index (χ3n) is 1.74. The van der Waals surface area contributed by atoms with Crippen molar-refractivity contribution in [2.75, 3.05) is 6.54 Å². The first-order valence-electron chi connectivity index (χ1n) is 4.50. The summed E-state index contributed by atoms with van der Waals surface area (Å²) >= 11 is 0. The molecule has 0 saturated carbocycles. The molecular formula is C10H13N3O2. The topological polar surface area (TPSA) is 90.7 Å². The molecule has 80 valence electrons. The van der Waals surface area contributed by atoms with Crippen molar-refractivity contribution in [1.29, 1.82) is 0 Å². The molecular weight excluding hydrogens is 194 g/mol. The number of ether oxygens (including phenoxy) is 1. The van der Waals surface area contributed by atoms with Gasteiger partial charge in [0.15, 0.2) is 6.40 Å². The van der Waals surface area contributed by atoms with E-state index in [4.69, 9.17) is 11.5 Å². The van der Waals surface area contributed by atoms with Crippen LogP contribution in [0.4, 0.5) is 10.5 Å². The molecule has 1 aromatic carbocycles. The van der Waals surface area contributed by atoms with Crippen LogP contribution in [0.2, 0.25) is 0 Å². The van der Waals surface area contributed by atoms with Gasteiger partial charge in [-0.1, -0.05) is 12.1 Å². The lowest BCUT2D eigenvalue weighted by Crippen LogP contribution is -2.11. The van der Waals surface area contributed by atoms with E-state index in [2.05, 4.69) is 9.73 Å². The Balaban J connectivity index is 2.56. The Morgan fingerprint density at radius 3 is 2.60 bits per heavy atom. The first-order valence-corrected chi connectivity index (χ1v) is 4.50. The molecule has 0 fully saturated rings. The number of amides is 1. The fourth-order valence-corrected chi connectivity index (χ4v) is 1.05. The fraction of sp³-hybridized carbons (Fsp3) is 0.200. The second-order valence-corrected chi connectivity index (χ2v) is 2.88. The highest BCUT2D eigenvalue weighted by atomic mass is 16.5. The van der Waals surface area contributed by atoms with Crippen molar-refractivity contribution >= 4 is 18.2 Å². The molecule has 1 amide bonds. The molecule has 0 unspecified atom stereocenters. The Labute approximate surface area is 87.7 Å². The highest BCUT2D eigenvalue weighted by Crippen LogP contribution is 2.12. The average Bonchev–Trinajstić information content (AvgIpc) is 2.20. The molecule has 0 aliphatic rings. The molecule has 0 aliphatic heterocycles. The molecule has 1 rings (SSSR count). The molecule has 0 saturated heterocycles. The molecule has 0 aliphatic carbocycles. The summed E-state index contributed by atoms with van der Waals surface area (Å²) in [6.45, 7) is 0.618. The van der Waals surface area contributed by atoms with Gasteiger partial charge in [0.25, 0.3) is 0 Å². The molecule has 5 nitrogen and oxygen atoms in total. The van der Waals surface area contributed by atoms with E-state index < -0.39 is 6.09 Å². The lowest BCUT2D eigenvalue weighted by molar-refractivity contribution is 0.210. The molecule has 0 atom stereocenters. The monoisotopic (exact) mass is 207 g/mol. The molecule has 4 N–H and O–H groups in total. The lowest BCUT2D eigenvalue weighted by Gasteiger charge is -1.98. The number of rotatable bonds is 4. The smallest absolute Gasteiger partial charge is 0.398 e. The van der Waals surface area contributed by atoms with E-state index in [1.807, 2.05) is 24.3 Å². The van der Waals surface area contributed by atoms with Gasteiger partial charge >= 0.3 is 6.09 Å². The van der Waals surface area contributed by atoms with Gasteiger partial charge < -0.3 is 16.2 Å². The SMILES string of the molecule is NCCc1ccc(N=COC(N)=O)cc1. The summed E-state index contributed by atoms with van der Waals surface area (Å²) in [6, 6.07) is 7.46. The van der Waals surface area contributed by atoms with Crippen LogP contribution in [0.1, 0.15) is 5.56 Å². The summed E-state index contributed by atoms with van der Waals surface area (Å²) in [5, 5.41) is 0. The Hall–Kier alpha value is -1.88. The van der Waals surface area contributed by atoms with E-state index in [0.29, 0.717) is 12.2 Å². The predicted octanol–water partition coefficient (Wildman–Crippen LogP) is 0.943. The zero-order chi connectivity index (χ0) is 11.1. The summed E-state index contributed by atoms with van der Waals surface area (Å²) in [6.07, 6.45) is 0.973. The molecule has 0 heterocycles. The number of primary amides is 1. The van der Waals surface area contributed by atoms with Gasteiger partial charge in [-0.2, -0.15) is 0 Å². The number of benzene rings is 1. The van der Waals surface area contributed by atoms with Crippen molar-refractivity contribution in [2.45, 2.75) is 6.42 Å². The summed E-state index contributed by atoms with van der Waals surface area (Å²) in [7, 11) is 0. The van der Waals surface area contributed by atoms with Crippen LogP contribution in [0.3, 0.4) is 0 Å². The van der Waals surface area contributed by atoms with Gasteiger partial charge in [-0.15, -0.1) is 0 Å². The first-order chi connectivity index (χ1) is 7.22. The van der Waals surface area contributed by atoms with Crippen molar-refractivity contribution in [3.63, 3.8) is 0 Å². The summed E-state index contributed by atoms with van der Waals surface area (Å²) in [4.78, 5) is 14.1. The Morgan fingerprint density at radius 2 is 2.07 bits per heavy atom. The van der Waals surface area contributed by atoms with Gasteiger partial charge in [0.1, 0.15) is 0 Å². The number of aliphatic imine (C=N–C) groups is 1. The van der Waals surface area contributed by atoms with Gasteiger partial charge in [0, 0.05) is 0 Å². The molecule has 0 aromatic heterocycles. The number of carbonyl (C=O) groups is 1. The second-order valence-electron chi connectivity index (χ2n) is 2.88. The predicted molar refractivity (Wildman–Crippen MR) is 58.0 cm³/mol. The zero-order valence-corrected chi connectivity index (χ0v) is 8.22. The Kier molecular flexibility index (Phi) is 4.30. The quantitative estimate of drug-likeness (QED) is 0.568. The normalized spacial score (nSPS) is 10.5. The van der Waals surface area contributed by atoms with Gasteiger partial charge in [0.05, 0.1) is 5.69 Å². The van der Waals surface area contributed by atoms with Crippen LogP contribution in [-0.4, -0.2) is 19.0 Å². The van der Waals surface area contributed by atoms with Crippen LogP contribution in [0.25, 0.3) is 0 Å².